The van der Waals surface area contributed by atoms with Gasteiger partial charge in [0.1, 0.15) is 5.75 Å². The molecule has 0 aromatic heterocycles. The molecular formula is C23H23O3. The largest absolute Gasteiger partial charge is 0.508 e. The van der Waals surface area contributed by atoms with Gasteiger partial charge in [0.25, 0.3) is 0 Å². The van der Waals surface area contributed by atoms with Gasteiger partial charge in [-0.3, -0.25) is 0 Å². The normalized spacial score (nSPS) is 11.0. The van der Waals surface area contributed by atoms with Crippen LogP contribution >= 0.6 is 0 Å². The van der Waals surface area contributed by atoms with Gasteiger partial charge in [-0.2, -0.15) is 0 Å². The molecule has 0 saturated carbocycles. The molecule has 3 aromatic carbocycles. The van der Waals surface area contributed by atoms with E-state index >= 15 is 0 Å². The van der Waals surface area contributed by atoms with E-state index in [4.69, 9.17) is 0 Å². The van der Waals surface area contributed by atoms with Gasteiger partial charge in [-0.05, 0) is 52.8 Å². The van der Waals surface area contributed by atoms with E-state index in [0.29, 0.717) is 6.42 Å². The van der Waals surface area contributed by atoms with E-state index in [1.165, 1.54) is 11.5 Å². The Bertz CT molecular complexity index is 843. The average molecular weight is 347 g/mol. The first-order valence-corrected chi connectivity index (χ1v) is 8.70. The summed E-state index contributed by atoms with van der Waals surface area (Å²) >= 11 is 0. The van der Waals surface area contributed by atoms with Gasteiger partial charge in [-0.1, -0.05) is 60.7 Å². The lowest BCUT2D eigenvalue weighted by molar-refractivity contribution is 0.260. The summed E-state index contributed by atoms with van der Waals surface area (Å²) in [5, 5.41) is 28.8. The minimum Gasteiger partial charge on any atom is -0.508 e. The molecule has 26 heavy (non-hydrogen) atoms. The van der Waals surface area contributed by atoms with Crippen molar-refractivity contribution in [1.82, 2.24) is 0 Å². The van der Waals surface area contributed by atoms with Gasteiger partial charge < -0.3 is 15.3 Å². The third kappa shape index (κ3) is 4.51. The minimum absolute atomic E-state index is 0.0866. The van der Waals surface area contributed by atoms with Crippen molar-refractivity contribution < 1.29 is 15.3 Å². The van der Waals surface area contributed by atoms with Crippen LogP contribution < -0.4 is 0 Å². The lowest BCUT2D eigenvalue weighted by Gasteiger charge is -2.19. The maximum absolute atomic E-state index is 9.77. The van der Waals surface area contributed by atoms with Gasteiger partial charge in [-0.15, -0.1) is 0 Å². The molecule has 3 heteroatoms. The molecule has 0 fully saturated rings. The van der Waals surface area contributed by atoms with Gasteiger partial charge in [0.2, 0.25) is 0 Å². The molecule has 3 nitrogen and oxygen atoms in total. The predicted octanol–water partition coefficient (Wildman–Crippen LogP) is 3.78. The molecule has 0 heterocycles. The van der Waals surface area contributed by atoms with Crippen LogP contribution in [0.5, 0.6) is 5.75 Å². The second-order valence-electron chi connectivity index (χ2n) is 6.41. The Morgan fingerprint density at radius 2 is 1.35 bits per heavy atom. The SMILES string of the molecule is OCc1ccc([C](Cc2ccccc2)Cc2cccc(O)c2)cc1CO. The summed E-state index contributed by atoms with van der Waals surface area (Å²) in [7, 11) is 0. The second kappa shape index (κ2) is 8.65. The Kier molecular flexibility index (Phi) is 6.05. The first-order chi connectivity index (χ1) is 12.7. The molecule has 0 saturated heterocycles. The summed E-state index contributed by atoms with van der Waals surface area (Å²) in [6.07, 6.45) is 1.48. The smallest absolute Gasteiger partial charge is 0.115 e. The van der Waals surface area contributed by atoms with Crippen LogP contribution in [0.3, 0.4) is 0 Å². The Labute approximate surface area is 154 Å². The monoisotopic (exact) mass is 347 g/mol. The van der Waals surface area contributed by atoms with E-state index in [0.717, 1.165) is 28.7 Å². The molecule has 0 bridgehead atoms. The molecule has 1 radical (unpaired) electrons. The van der Waals surface area contributed by atoms with E-state index in [1.807, 2.05) is 48.5 Å². The van der Waals surface area contributed by atoms with Crippen LogP contribution in [0, 0.1) is 5.92 Å². The minimum atomic E-state index is -0.103. The van der Waals surface area contributed by atoms with Crippen molar-refractivity contribution in [3.05, 3.63) is 107 Å². The fourth-order valence-electron chi connectivity index (χ4n) is 3.17. The molecular weight excluding hydrogens is 324 g/mol. The van der Waals surface area contributed by atoms with Crippen molar-refractivity contribution in [1.29, 1.82) is 0 Å². The first kappa shape index (κ1) is 18.2. The fourth-order valence-corrected chi connectivity index (χ4v) is 3.17. The summed E-state index contributed by atoms with van der Waals surface area (Å²) in [6.45, 7) is -0.189. The molecule has 0 unspecified atom stereocenters. The zero-order chi connectivity index (χ0) is 18.4. The molecule has 0 aliphatic heterocycles. The van der Waals surface area contributed by atoms with Crippen molar-refractivity contribution in [3.63, 3.8) is 0 Å². The van der Waals surface area contributed by atoms with Crippen LogP contribution in [0.1, 0.15) is 27.8 Å². The van der Waals surface area contributed by atoms with Gasteiger partial charge in [0.15, 0.2) is 0 Å². The Morgan fingerprint density at radius 1 is 0.654 bits per heavy atom. The highest BCUT2D eigenvalue weighted by molar-refractivity contribution is 5.43. The summed E-state index contributed by atoms with van der Waals surface area (Å²) in [5.41, 5.74) is 4.77. The number of hydrogen-bond acceptors (Lipinski definition) is 3. The maximum Gasteiger partial charge on any atom is 0.115 e. The van der Waals surface area contributed by atoms with Crippen LogP contribution in [0.25, 0.3) is 0 Å². The Morgan fingerprint density at radius 3 is 2.04 bits per heavy atom. The van der Waals surface area contributed by atoms with Crippen LogP contribution in [-0.2, 0) is 26.1 Å². The highest BCUT2D eigenvalue weighted by Crippen LogP contribution is 2.27. The van der Waals surface area contributed by atoms with E-state index in [-0.39, 0.29) is 19.0 Å². The lowest BCUT2D eigenvalue weighted by Crippen LogP contribution is -2.09. The zero-order valence-corrected chi connectivity index (χ0v) is 14.6. The average Bonchev–Trinajstić information content (AvgIpc) is 2.68. The van der Waals surface area contributed by atoms with Crippen LogP contribution in [-0.4, -0.2) is 15.3 Å². The number of hydrogen-bond donors (Lipinski definition) is 3. The van der Waals surface area contributed by atoms with Crippen molar-refractivity contribution in [2.45, 2.75) is 26.1 Å². The third-order valence-electron chi connectivity index (χ3n) is 4.54. The van der Waals surface area contributed by atoms with Crippen LogP contribution in [0.2, 0.25) is 0 Å². The van der Waals surface area contributed by atoms with E-state index in [9.17, 15) is 15.3 Å². The van der Waals surface area contributed by atoms with Gasteiger partial charge >= 0.3 is 0 Å². The number of phenols is 1. The summed E-state index contributed by atoms with van der Waals surface area (Å²) < 4.78 is 0. The quantitative estimate of drug-likeness (QED) is 0.609. The Balaban J connectivity index is 1.94. The van der Waals surface area contributed by atoms with Crippen LogP contribution in [0.15, 0.2) is 72.8 Å². The summed E-state index contributed by atoms with van der Waals surface area (Å²) in [5.74, 6) is 1.45. The van der Waals surface area contributed by atoms with Crippen molar-refractivity contribution >= 4 is 0 Å². The van der Waals surface area contributed by atoms with Gasteiger partial charge in [0, 0.05) is 5.92 Å². The first-order valence-electron chi connectivity index (χ1n) is 8.70. The number of aromatic hydroxyl groups is 1. The number of aliphatic hydroxyl groups is 2. The third-order valence-corrected chi connectivity index (χ3v) is 4.54. The molecule has 0 amide bonds. The topological polar surface area (TPSA) is 60.7 Å². The van der Waals surface area contributed by atoms with E-state index < -0.39 is 0 Å². The molecule has 0 atom stereocenters. The highest BCUT2D eigenvalue weighted by atomic mass is 16.3. The highest BCUT2D eigenvalue weighted by Gasteiger charge is 2.16. The zero-order valence-electron chi connectivity index (χ0n) is 14.6. The number of benzene rings is 3. The molecule has 3 aromatic rings. The van der Waals surface area contributed by atoms with Gasteiger partial charge in [0.05, 0.1) is 13.2 Å². The Hall–Kier alpha value is -2.62. The second-order valence-corrected chi connectivity index (χ2v) is 6.41. The molecule has 0 aliphatic carbocycles. The molecule has 133 valence electrons. The van der Waals surface area contributed by atoms with Crippen molar-refractivity contribution in [3.8, 4) is 5.75 Å². The van der Waals surface area contributed by atoms with E-state index in [2.05, 4.69) is 12.1 Å². The summed E-state index contributed by atoms with van der Waals surface area (Å²) in [6, 6.07) is 23.3. The lowest BCUT2D eigenvalue weighted by atomic mass is 9.85. The molecule has 0 aliphatic rings. The van der Waals surface area contributed by atoms with Crippen molar-refractivity contribution in [2.24, 2.45) is 0 Å². The fraction of sp³-hybridized carbons (Fsp3) is 0.174. The predicted molar refractivity (Wildman–Crippen MR) is 103 cm³/mol. The summed E-state index contributed by atoms with van der Waals surface area (Å²) in [4.78, 5) is 0. The van der Waals surface area contributed by atoms with Crippen molar-refractivity contribution in [2.75, 3.05) is 0 Å². The number of rotatable bonds is 7. The molecule has 3 N–H and O–H groups in total. The number of phenolic OH excluding ortho intramolecular Hbond substituents is 1. The standard InChI is InChI=1S/C23H23O3/c24-15-20-10-9-19(14-22(20)16-25)21(11-17-5-2-1-3-6-17)12-18-7-4-8-23(26)13-18/h1-10,13-14,24-26H,11-12,15-16H2. The molecule has 0 spiro atoms. The number of aliphatic hydroxyl groups excluding tert-OH is 2. The van der Waals surface area contributed by atoms with Crippen LogP contribution in [0.4, 0.5) is 0 Å². The van der Waals surface area contributed by atoms with Gasteiger partial charge in [-0.25, -0.2) is 0 Å². The van der Waals surface area contributed by atoms with E-state index in [1.54, 1.807) is 12.1 Å². The molecule has 3 rings (SSSR count). The maximum atomic E-state index is 9.77.